The van der Waals surface area contributed by atoms with E-state index in [9.17, 15) is 4.79 Å². The molecule has 0 bridgehead atoms. The molecule has 0 saturated carbocycles. The van der Waals surface area contributed by atoms with Crippen LogP contribution in [0.1, 0.15) is 43.5 Å². The number of halogens is 1. The highest BCUT2D eigenvalue weighted by molar-refractivity contribution is 6.34. The quantitative estimate of drug-likeness (QED) is 0.879. The molecular weight excluding hydrogens is 286 g/mol. The van der Waals surface area contributed by atoms with Crippen LogP contribution in [0, 0.1) is 0 Å². The fourth-order valence-electron chi connectivity index (χ4n) is 2.90. The van der Waals surface area contributed by atoms with Gasteiger partial charge in [-0.3, -0.25) is 4.79 Å². The molecule has 1 aliphatic heterocycles. The third kappa shape index (κ3) is 3.89. The Morgan fingerprint density at radius 2 is 2.24 bits per heavy atom. The van der Waals surface area contributed by atoms with Crippen molar-refractivity contribution in [3.05, 3.63) is 28.8 Å². The summed E-state index contributed by atoms with van der Waals surface area (Å²) in [7, 11) is 0. The van der Waals surface area contributed by atoms with E-state index in [1.54, 1.807) is 6.07 Å². The zero-order valence-electron chi connectivity index (χ0n) is 12.7. The summed E-state index contributed by atoms with van der Waals surface area (Å²) >= 11 is 6.17. The predicted octanol–water partition coefficient (Wildman–Crippen LogP) is 2.80. The average Bonchev–Trinajstić information content (AvgIpc) is 2.45. The molecule has 0 aliphatic carbocycles. The maximum absolute atomic E-state index is 11.8. The van der Waals surface area contributed by atoms with Crippen molar-refractivity contribution in [3.63, 3.8) is 0 Å². The molecule has 1 amide bonds. The third-order valence-corrected chi connectivity index (χ3v) is 4.32. The van der Waals surface area contributed by atoms with Gasteiger partial charge in [0.25, 0.3) is 5.91 Å². The Hall–Kier alpha value is -1.26. The molecule has 1 unspecified atom stereocenters. The topological polar surface area (TPSA) is 58.4 Å². The number of anilines is 1. The average molecular weight is 310 g/mol. The number of nitrogens with zero attached hydrogens (tertiary/aromatic N) is 1. The molecule has 1 aromatic carbocycles. The maximum atomic E-state index is 11.8. The van der Waals surface area contributed by atoms with Crippen LogP contribution in [0.5, 0.6) is 0 Å². The molecule has 1 aromatic rings. The molecule has 0 aromatic heterocycles. The fourth-order valence-corrected chi connectivity index (χ4v) is 3.16. The first-order valence-electron chi connectivity index (χ1n) is 7.59. The number of nitrogens with two attached hydrogens (primary N) is 1. The van der Waals surface area contributed by atoms with E-state index < -0.39 is 5.91 Å². The smallest absolute Gasteiger partial charge is 0.252 e. The number of hydrogen-bond acceptors (Lipinski definition) is 3. The van der Waals surface area contributed by atoms with E-state index in [1.807, 2.05) is 12.1 Å². The van der Waals surface area contributed by atoms with E-state index in [0.29, 0.717) is 16.6 Å². The number of piperidine rings is 1. The van der Waals surface area contributed by atoms with Crippen LogP contribution in [0.3, 0.4) is 0 Å². The molecule has 1 saturated heterocycles. The van der Waals surface area contributed by atoms with Crippen LogP contribution >= 0.6 is 11.6 Å². The van der Waals surface area contributed by atoms with E-state index in [2.05, 4.69) is 24.1 Å². The molecule has 2 rings (SSSR count). The number of hydrogen-bond donors (Lipinski definition) is 2. The van der Waals surface area contributed by atoms with Crippen LogP contribution in [-0.2, 0) is 0 Å². The van der Waals surface area contributed by atoms with Gasteiger partial charge in [0, 0.05) is 18.6 Å². The molecule has 116 valence electrons. The predicted molar refractivity (Wildman–Crippen MR) is 88.1 cm³/mol. The summed E-state index contributed by atoms with van der Waals surface area (Å²) in [5.41, 5.74) is 6.77. The zero-order chi connectivity index (χ0) is 15.4. The maximum Gasteiger partial charge on any atom is 0.252 e. The van der Waals surface area contributed by atoms with E-state index in [0.717, 1.165) is 25.2 Å². The van der Waals surface area contributed by atoms with Crippen molar-refractivity contribution in [2.45, 2.75) is 45.2 Å². The highest BCUT2D eigenvalue weighted by Gasteiger charge is 2.23. The highest BCUT2D eigenvalue weighted by atomic mass is 35.5. The summed E-state index contributed by atoms with van der Waals surface area (Å²) in [5.74, 6) is -0.474. The van der Waals surface area contributed by atoms with Crippen molar-refractivity contribution >= 4 is 23.2 Å². The third-order valence-electron chi connectivity index (χ3n) is 4.00. The molecule has 21 heavy (non-hydrogen) atoms. The van der Waals surface area contributed by atoms with Crippen LogP contribution in [0.25, 0.3) is 0 Å². The highest BCUT2D eigenvalue weighted by Crippen LogP contribution is 2.29. The molecule has 3 N–H and O–H groups in total. The van der Waals surface area contributed by atoms with Crippen LogP contribution in [0.4, 0.5) is 5.69 Å². The van der Waals surface area contributed by atoms with Crippen LogP contribution in [0.15, 0.2) is 18.2 Å². The molecule has 5 heteroatoms. The Kier molecular flexibility index (Phi) is 5.48. The second kappa shape index (κ2) is 7.14. The van der Waals surface area contributed by atoms with E-state index in [-0.39, 0.29) is 6.04 Å². The van der Waals surface area contributed by atoms with Gasteiger partial charge >= 0.3 is 0 Å². The minimum Gasteiger partial charge on any atom is -0.367 e. The lowest BCUT2D eigenvalue weighted by molar-refractivity contribution is 0.100. The first-order valence-corrected chi connectivity index (χ1v) is 7.97. The Morgan fingerprint density at radius 1 is 1.48 bits per heavy atom. The normalized spacial score (nSPS) is 18.8. The number of carbonyl (C=O) groups excluding carboxylic acids is 1. The Morgan fingerprint density at radius 3 is 2.81 bits per heavy atom. The van der Waals surface area contributed by atoms with Gasteiger partial charge in [-0.15, -0.1) is 0 Å². The van der Waals surface area contributed by atoms with Crippen LogP contribution < -0.4 is 16.0 Å². The lowest BCUT2D eigenvalue weighted by Crippen LogP contribution is -2.46. The lowest BCUT2D eigenvalue weighted by Gasteiger charge is -2.35. The van der Waals surface area contributed by atoms with Gasteiger partial charge in [0.1, 0.15) is 0 Å². The van der Waals surface area contributed by atoms with Gasteiger partial charge in [0.05, 0.1) is 16.3 Å². The first-order chi connectivity index (χ1) is 10.0. The summed E-state index contributed by atoms with van der Waals surface area (Å²) in [4.78, 5) is 14.0. The minimum absolute atomic E-state index is 0.269. The van der Waals surface area contributed by atoms with Crippen molar-refractivity contribution in [1.29, 1.82) is 0 Å². The number of rotatable bonds is 5. The van der Waals surface area contributed by atoms with Crippen molar-refractivity contribution in [2.75, 3.05) is 18.0 Å². The monoisotopic (exact) mass is 309 g/mol. The second-order valence-electron chi connectivity index (χ2n) is 5.89. The number of nitrogens with one attached hydrogen (secondary N) is 1. The summed E-state index contributed by atoms with van der Waals surface area (Å²) in [5, 5.41) is 3.97. The van der Waals surface area contributed by atoms with Gasteiger partial charge in [-0.1, -0.05) is 24.1 Å². The molecule has 0 radical (unpaired) electrons. The van der Waals surface area contributed by atoms with Crippen molar-refractivity contribution < 1.29 is 4.79 Å². The standard InChI is InChI=1S/C16H24ClN3O/c1-11(2)20(10-12-6-3-4-9-19-12)14-8-5-7-13(17)15(14)16(18)21/h5,7-8,11-12,19H,3-4,6,9-10H2,1-2H3,(H2,18,21). The van der Waals surface area contributed by atoms with Crippen LogP contribution in [-0.4, -0.2) is 31.1 Å². The lowest BCUT2D eigenvalue weighted by atomic mass is 10.0. The van der Waals surface area contributed by atoms with Crippen molar-refractivity contribution in [3.8, 4) is 0 Å². The molecular formula is C16H24ClN3O. The number of primary amides is 1. The summed E-state index contributed by atoms with van der Waals surface area (Å²) in [6.07, 6.45) is 3.65. The first kappa shape index (κ1) is 16.1. The van der Waals surface area contributed by atoms with Gasteiger partial charge in [0.15, 0.2) is 0 Å². The fraction of sp³-hybridized carbons (Fsp3) is 0.562. The summed E-state index contributed by atoms with van der Waals surface area (Å²) in [6.45, 7) is 6.16. The van der Waals surface area contributed by atoms with E-state index >= 15 is 0 Å². The molecule has 4 nitrogen and oxygen atoms in total. The molecule has 1 aliphatic rings. The largest absolute Gasteiger partial charge is 0.367 e. The molecule has 0 spiro atoms. The Labute approximate surface area is 131 Å². The molecule has 1 atom stereocenters. The van der Waals surface area contributed by atoms with Gasteiger partial charge in [-0.2, -0.15) is 0 Å². The minimum atomic E-state index is -0.474. The zero-order valence-corrected chi connectivity index (χ0v) is 13.5. The van der Waals surface area contributed by atoms with Gasteiger partial charge in [-0.25, -0.2) is 0 Å². The Balaban J connectivity index is 2.29. The Bertz CT molecular complexity index is 498. The van der Waals surface area contributed by atoms with E-state index in [4.69, 9.17) is 17.3 Å². The van der Waals surface area contributed by atoms with Gasteiger partial charge in [-0.05, 0) is 45.4 Å². The van der Waals surface area contributed by atoms with Gasteiger partial charge in [0.2, 0.25) is 0 Å². The SMILES string of the molecule is CC(C)N(CC1CCCCN1)c1cccc(Cl)c1C(N)=O. The number of carbonyl (C=O) groups is 1. The van der Waals surface area contributed by atoms with Crippen molar-refractivity contribution in [2.24, 2.45) is 5.73 Å². The molecule has 1 fully saturated rings. The molecule has 1 heterocycles. The summed E-state index contributed by atoms with van der Waals surface area (Å²) < 4.78 is 0. The van der Waals surface area contributed by atoms with Gasteiger partial charge < -0.3 is 16.0 Å². The van der Waals surface area contributed by atoms with E-state index in [1.165, 1.54) is 12.8 Å². The summed E-state index contributed by atoms with van der Waals surface area (Å²) in [6, 6.07) is 6.22. The van der Waals surface area contributed by atoms with Crippen LogP contribution in [0.2, 0.25) is 5.02 Å². The second-order valence-corrected chi connectivity index (χ2v) is 6.30. The number of amides is 1. The number of benzene rings is 1. The van der Waals surface area contributed by atoms with Crippen molar-refractivity contribution in [1.82, 2.24) is 5.32 Å².